The first kappa shape index (κ1) is 17.8. The Hall–Kier alpha value is -2.64. The van der Waals surface area contributed by atoms with Crippen molar-refractivity contribution < 1.29 is 9.32 Å². The van der Waals surface area contributed by atoms with Crippen molar-refractivity contribution in [3.63, 3.8) is 0 Å². The highest BCUT2D eigenvalue weighted by atomic mass is 35.5. The molecular weight excluding hydrogens is 366 g/mol. The number of aromatic nitrogens is 3. The molecule has 0 spiro atoms. The summed E-state index contributed by atoms with van der Waals surface area (Å²) >= 11 is 6.03. The van der Waals surface area contributed by atoms with E-state index in [0.29, 0.717) is 23.7 Å². The second-order valence-corrected chi connectivity index (χ2v) is 7.09. The van der Waals surface area contributed by atoms with Crippen molar-refractivity contribution in [1.82, 2.24) is 24.7 Å². The lowest BCUT2D eigenvalue weighted by Gasteiger charge is -2.34. The van der Waals surface area contributed by atoms with Crippen molar-refractivity contribution >= 4 is 17.5 Å². The van der Waals surface area contributed by atoms with Crippen LogP contribution in [0.25, 0.3) is 5.69 Å². The molecule has 0 atom stereocenters. The minimum Gasteiger partial charge on any atom is -0.361 e. The lowest BCUT2D eigenvalue weighted by Crippen LogP contribution is -2.48. The maximum atomic E-state index is 12.8. The van der Waals surface area contributed by atoms with E-state index < -0.39 is 0 Å². The van der Waals surface area contributed by atoms with E-state index in [-0.39, 0.29) is 5.91 Å². The first-order valence-electron chi connectivity index (χ1n) is 8.83. The fraction of sp³-hybridized carbons (Fsp3) is 0.316. The first-order valence-corrected chi connectivity index (χ1v) is 9.21. The summed E-state index contributed by atoms with van der Waals surface area (Å²) in [5, 5.41) is 8.96. The van der Waals surface area contributed by atoms with Crippen LogP contribution in [0, 0.1) is 6.92 Å². The van der Waals surface area contributed by atoms with E-state index in [4.69, 9.17) is 16.1 Å². The highest BCUT2D eigenvalue weighted by Gasteiger charge is 2.23. The highest BCUT2D eigenvalue weighted by Crippen LogP contribution is 2.16. The number of carbonyl (C=O) groups is 1. The SMILES string of the molecule is Cc1cc(CN2CCN(C(=O)c3cnn(-c4cccc(Cl)c4)c3)CC2)no1. The molecule has 1 amide bonds. The molecule has 1 aliphatic heterocycles. The van der Waals surface area contributed by atoms with E-state index in [0.717, 1.165) is 36.8 Å². The van der Waals surface area contributed by atoms with Crippen molar-refractivity contribution in [2.24, 2.45) is 0 Å². The molecule has 1 aliphatic rings. The number of piperazine rings is 1. The number of benzene rings is 1. The number of halogens is 1. The second-order valence-electron chi connectivity index (χ2n) is 6.65. The monoisotopic (exact) mass is 385 g/mol. The van der Waals surface area contributed by atoms with Gasteiger partial charge in [0.05, 0.1) is 23.1 Å². The molecule has 0 aliphatic carbocycles. The molecule has 140 valence electrons. The molecule has 1 saturated heterocycles. The standard InChI is InChI=1S/C19H20ClN5O2/c1-14-9-17(22-27-14)13-23-5-7-24(8-6-23)19(26)15-11-21-25(12-15)18-4-2-3-16(20)10-18/h2-4,9-12H,5-8,13H2,1H3. The van der Waals surface area contributed by atoms with Crippen molar-refractivity contribution in [2.45, 2.75) is 13.5 Å². The topological polar surface area (TPSA) is 67.4 Å². The Bertz CT molecular complexity index is 943. The molecule has 3 heterocycles. The van der Waals surface area contributed by atoms with E-state index >= 15 is 0 Å². The lowest BCUT2D eigenvalue weighted by molar-refractivity contribution is 0.0625. The Morgan fingerprint density at radius 2 is 2.04 bits per heavy atom. The van der Waals surface area contributed by atoms with Crippen molar-refractivity contribution in [3.05, 3.63) is 64.8 Å². The van der Waals surface area contributed by atoms with Gasteiger partial charge in [-0.1, -0.05) is 22.8 Å². The first-order chi connectivity index (χ1) is 13.1. The third-order valence-corrected chi connectivity index (χ3v) is 4.86. The maximum absolute atomic E-state index is 12.8. The third kappa shape index (κ3) is 4.04. The Kier molecular flexibility index (Phi) is 4.96. The molecule has 2 aromatic heterocycles. The largest absolute Gasteiger partial charge is 0.361 e. The summed E-state index contributed by atoms with van der Waals surface area (Å²) in [5.74, 6) is 0.815. The van der Waals surface area contributed by atoms with Gasteiger partial charge in [0.2, 0.25) is 0 Å². The minimum absolute atomic E-state index is 0.000193. The fourth-order valence-corrected chi connectivity index (χ4v) is 3.39. The molecule has 0 unspecified atom stereocenters. The highest BCUT2D eigenvalue weighted by molar-refractivity contribution is 6.30. The molecule has 1 aromatic carbocycles. The summed E-state index contributed by atoms with van der Waals surface area (Å²) in [7, 11) is 0. The van der Waals surface area contributed by atoms with E-state index in [1.807, 2.05) is 36.1 Å². The predicted molar refractivity (Wildman–Crippen MR) is 101 cm³/mol. The van der Waals surface area contributed by atoms with Gasteiger partial charge in [0.1, 0.15) is 5.76 Å². The van der Waals surface area contributed by atoms with Crippen LogP contribution in [0.4, 0.5) is 0 Å². The second kappa shape index (κ2) is 7.54. The molecule has 0 bridgehead atoms. The van der Waals surface area contributed by atoms with E-state index in [2.05, 4.69) is 15.2 Å². The number of carbonyl (C=O) groups excluding carboxylic acids is 1. The van der Waals surface area contributed by atoms with Crippen LogP contribution >= 0.6 is 11.6 Å². The van der Waals surface area contributed by atoms with Gasteiger partial charge >= 0.3 is 0 Å². The number of hydrogen-bond donors (Lipinski definition) is 0. The van der Waals surface area contributed by atoms with Crippen LogP contribution in [0.5, 0.6) is 0 Å². The summed E-state index contributed by atoms with van der Waals surface area (Å²) in [5.41, 5.74) is 2.33. The van der Waals surface area contributed by atoms with Crippen LogP contribution in [-0.4, -0.2) is 56.8 Å². The van der Waals surface area contributed by atoms with Gasteiger partial charge in [0.25, 0.3) is 5.91 Å². The van der Waals surface area contributed by atoms with Crippen LogP contribution in [0.2, 0.25) is 5.02 Å². The van der Waals surface area contributed by atoms with Crippen LogP contribution in [0.15, 0.2) is 47.2 Å². The average molecular weight is 386 g/mol. The molecule has 8 heteroatoms. The van der Waals surface area contributed by atoms with E-state index in [9.17, 15) is 4.79 Å². The van der Waals surface area contributed by atoms with Crippen LogP contribution in [0.3, 0.4) is 0 Å². The number of aryl methyl sites for hydroxylation is 1. The average Bonchev–Trinajstić information content (AvgIpc) is 3.31. The molecule has 1 fully saturated rings. The molecule has 7 nitrogen and oxygen atoms in total. The van der Waals surface area contributed by atoms with Crippen LogP contribution in [-0.2, 0) is 6.54 Å². The van der Waals surface area contributed by atoms with E-state index in [1.165, 1.54) is 0 Å². The van der Waals surface area contributed by atoms with Crippen molar-refractivity contribution in [3.8, 4) is 5.69 Å². The summed E-state index contributed by atoms with van der Waals surface area (Å²) in [6.07, 6.45) is 3.35. The fourth-order valence-electron chi connectivity index (χ4n) is 3.21. The number of nitrogens with zero attached hydrogens (tertiary/aromatic N) is 5. The predicted octanol–water partition coefficient (Wildman–Crippen LogP) is 2.78. The van der Waals surface area contributed by atoms with Gasteiger partial charge in [-0.05, 0) is 25.1 Å². The Balaban J connectivity index is 1.37. The van der Waals surface area contributed by atoms with Crippen LogP contribution < -0.4 is 0 Å². The van der Waals surface area contributed by atoms with E-state index in [1.54, 1.807) is 23.1 Å². The molecule has 0 saturated carbocycles. The maximum Gasteiger partial charge on any atom is 0.257 e. The summed E-state index contributed by atoms with van der Waals surface area (Å²) in [6, 6.07) is 9.32. The summed E-state index contributed by atoms with van der Waals surface area (Å²) in [6.45, 7) is 5.60. The molecular formula is C19H20ClN5O2. The van der Waals surface area contributed by atoms with Crippen molar-refractivity contribution in [2.75, 3.05) is 26.2 Å². The summed E-state index contributed by atoms with van der Waals surface area (Å²) < 4.78 is 6.78. The normalized spacial score (nSPS) is 15.3. The van der Waals surface area contributed by atoms with Gasteiger partial charge in [-0.3, -0.25) is 9.69 Å². The van der Waals surface area contributed by atoms with Gasteiger partial charge in [-0.2, -0.15) is 5.10 Å². The van der Waals surface area contributed by atoms with Gasteiger partial charge < -0.3 is 9.42 Å². The van der Waals surface area contributed by atoms with Gasteiger partial charge in [-0.25, -0.2) is 4.68 Å². The molecule has 4 rings (SSSR count). The Morgan fingerprint density at radius 1 is 1.22 bits per heavy atom. The number of hydrogen-bond acceptors (Lipinski definition) is 5. The molecule has 3 aromatic rings. The molecule has 0 N–H and O–H groups in total. The minimum atomic E-state index is 0.000193. The van der Waals surface area contributed by atoms with Gasteiger partial charge in [0.15, 0.2) is 0 Å². The van der Waals surface area contributed by atoms with Gasteiger partial charge in [-0.15, -0.1) is 0 Å². The quantitative estimate of drug-likeness (QED) is 0.690. The third-order valence-electron chi connectivity index (χ3n) is 4.62. The van der Waals surface area contributed by atoms with Crippen molar-refractivity contribution in [1.29, 1.82) is 0 Å². The molecule has 27 heavy (non-hydrogen) atoms. The Morgan fingerprint density at radius 3 is 2.74 bits per heavy atom. The number of amides is 1. The molecule has 0 radical (unpaired) electrons. The Labute approximate surface area is 162 Å². The summed E-state index contributed by atoms with van der Waals surface area (Å²) in [4.78, 5) is 16.9. The zero-order valence-corrected chi connectivity index (χ0v) is 15.8. The zero-order chi connectivity index (χ0) is 18.8. The number of rotatable bonds is 4. The smallest absolute Gasteiger partial charge is 0.257 e. The lowest BCUT2D eigenvalue weighted by atomic mass is 10.2. The van der Waals surface area contributed by atoms with Crippen LogP contribution in [0.1, 0.15) is 21.8 Å². The zero-order valence-electron chi connectivity index (χ0n) is 15.0. The van der Waals surface area contributed by atoms with Gasteiger partial charge in [0, 0.05) is 50.0 Å².